The molecule has 0 spiro atoms. The van der Waals surface area contributed by atoms with Crippen molar-refractivity contribution in [2.45, 2.75) is 25.2 Å². The van der Waals surface area contributed by atoms with Crippen LogP contribution < -0.4 is 9.62 Å². The Hall–Kier alpha value is -2.05. The molecule has 1 aliphatic rings. The molecular formula is C17H17ClN2O3S. The van der Waals surface area contributed by atoms with Crippen molar-refractivity contribution in [1.29, 1.82) is 0 Å². The van der Waals surface area contributed by atoms with E-state index in [1.807, 2.05) is 6.92 Å². The maximum Gasteiger partial charge on any atom is 0.262 e. The number of hydrogen-bond acceptors (Lipinski definition) is 3. The molecule has 2 aromatic carbocycles. The summed E-state index contributed by atoms with van der Waals surface area (Å²) in [5.74, 6) is 0.0261. The van der Waals surface area contributed by atoms with Gasteiger partial charge in [-0.3, -0.25) is 9.52 Å². The smallest absolute Gasteiger partial charge is 0.262 e. The number of nitrogens with one attached hydrogen (secondary N) is 1. The van der Waals surface area contributed by atoms with E-state index in [0.29, 0.717) is 22.8 Å². The number of rotatable bonds is 4. The first kappa shape index (κ1) is 16.8. The summed E-state index contributed by atoms with van der Waals surface area (Å²) in [7, 11) is -3.75. The van der Waals surface area contributed by atoms with Crippen LogP contribution >= 0.6 is 11.6 Å². The van der Waals surface area contributed by atoms with Gasteiger partial charge in [-0.25, -0.2) is 8.42 Å². The van der Waals surface area contributed by atoms with E-state index in [4.69, 9.17) is 11.6 Å². The van der Waals surface area contributed by atoms with Crippen LogP contribution in [0, 0.1) is 6.92 Å². The Morgan fingerprint density at radius 3 is 2.71 bits per heavy atom. The minimum atomic E-state index is -3.75. The molecule has 1 N–H and O–H groups in total. The molecule has 126 valence electrons. The van der Waals surface area contributed by atoms with E-state index >= 15 is 0 Å². The number of fused-ring (bicyclic) bond motifs is 1. The lowest BCUT2D eigenvalue weighted by atomic mass is 10.1. The minimum absolute atomic E-state index is 0.0261. The van der Waals surface area contributed by atoms with Crippen LogP contribution in [-0.4, -0.2) is 20.9 Å². The second-order valence-electron chi connectivity index (χ2n) is 5.63. The molecule has 1 heterocycles. The summed E-state index contributed by atoms with van der Waals surface area (Å²) in [5.41, 5.74) is 2.59. The number of amides is 1. The summed E-state index contributed by atoms with van der Waals surface area (Å²) in [5, 5.41) is 0.399. The fourth-order valence-corrected chi connectivity index (χ4v) is 4.43. The Kier molecular flexibility index (Phi) is 4.27. The van der Waals surface area contributed by atoms with Crippen molar-refractivity contribution >= 4 is 38.9 Å². The Balaban J connectivity index is 1.94. The molecule has 5 nitrogen and oxygen atoms in total. The van der Waals surface area contributed by atoms with Crippen molar-refractivity contribution in [2.75, 3.05) is 16.2 Å². The number of carbonyl (C=O) groups is 1. The third kappa shape index (κ3) is 2.87. The third-order valence-corrected chi connectivity index (χ3v) is 6.02. The van der Waals surface area contributed by atoms with E-state index in [-0.39, 0.29) is 17.2 Å². The number of anilines is 2. The summed E-state index contributed by atoms with van der Waals surface area (Å²) in [6.07, 6.45) is 0.287. The number of halogens is 1. The molecule has 0 fully saturated rings. The fourth-order valence-electron chi connectivity index (χ4n) is 2.88. The van der Waals surface area contributed by atoms with Crippen molar-refractivity contribution in [3.05, 3.63) is 52.5 Å². The largest absolute Gasteiger partial charge is 0.312 e. The van der Waals surface area contributed by atoms with Crippen molar-refractivity contribution in [2.24, 2.45) is 0 Å². The van der Waals surface area contributed by atoms with Crippen LogP contribution in [0.1, 0.15) is 18.1 Å². The molecule has 1 amide bonds. The molecule has 0 bridgehead atoms. The Labute approximate surface area is 146 Å². The van der Waals surface area contributed by atoms with E-state index in [1.54, 1.807) is 42.2 Å². The van der Waals surface area contributed by atoms with Gasteiger partial charge in [0.1, 0.15) is 0 Å². The first-order chi connectivity index (χ1) is 11.3. The van der Waals surface area contributed by atoms with Gasteiger partial charge in [0.25, 0.3) is 10.0 Å². The first-order valence-corrected chi connectivity index (χ1v) is 9.41. The summed E-state index contributed by atoms with van der Waals surface area (Å²) in [6, 6.07) is 9.91. The van der Waals surface area contributed by atoms with Gasteiger partial charge in [-0.2, -0.15) is 0 Å². The summed E-state index contributed by atoms with van der Waals surface area (Å²) < 4.78 is 27.8. The molecule has 2 aromatic rings. The van der Waals surface area contributed by atoms with Crippen LogP contribution in [0.15, 0.2) is 41.3 Å². The van der Waals surface area contributed by atoms with Gasteiger partial charge in [-0.15, -0.1) is 0 Å². The predicted octanol–water partition coefficient (Wildman–Crippen LogP) is 3.36. The summed E-state index contributed by atoms with van der Waals surface area (Å²) >= 11 is 6.01. The fraction of sp³-hybridized carbons (Fsp3) is 0.235. The lowest BCUT2D eigenvalue weighted by molar-refractivity contribution is -0.117. The monoisotopic (exact) mass is 364 g/mol. The van der Waals surface area contributed by atoms with Crippen LogP contribution in [0.25, 0.3) is 0 Å². The Morgan fingerprint density at radius 2 is 2.00 bits per heavy atom. The Bertz CT molecular complexity index is 925. The highest BCUT2D eigenvalue weighted by molar-refractivity contribution is 7.92. The van der Waals surface area contributed by atoms with Crippen LogP contribution in [0.5, 0.6) is 0 Å². The molecule has 24 heavy (non-hydrogen) atoms. The molecule has 0 atom stereocenters. The third-order valence-electron chi connectivity index (χ3n) is 4.09. The molecular weight excluding hydrogens is 348 g/mol. The maximum absolute atomic E-state index is 12.6. The molecule has 1 aliphatic heterocycles. The van der Waals surface area contributed by atoms with Gasteiger partial charge in [0.15, 0.2) is 0 Å². The highest BCUT2D eigenvalue weighted by Gasteiger charge is 2.26. The van der Waals surface area contributed by atoms with E-state index < -0.39 is 10.0 Å². The van der Waals surface area contributed by atoms with Gasteiger partial charge in [-0.1, -0.05) is 17.7 Å². The van der Waals surface area contributed by atoms with E-state index in [9.17, 15) is 13.2 Å². The van der Waals surface area contributed by atoms with Gasteiger partial charge in [0.05, 0.1) is 11.3 Å². The van der Waals surface area contributed by atoms with E-state index in [0.717, 1.165) is 11.3 Å². The quantitative estimate of drug-likeness (QED) is 0.904. The molecule has 0 aliphatic carbocycles. The number of nitrogens with zero attached hydrogens (tertiary/aromatic N) is 1. The second kappa shape index (κ2) is 6.11. The van der Waals surface area contributed by atoms with Crippen LogP contribution in [-0.2, 0) is 21.2 Å². The lowest BCUT2D eigenvalue weighted by Crippen LogP contribution is -2.25. The van der Waals surface area contributed by atoms with Crippen molar-refractivity contribution in [3.63, 3.8) is 0 Å². The average Bonchev–Trinajstić information content (AvgIpc) is 2.83. The molecule has 0 radical (unpaired) electrons. The topological polar surface area (TPSA) is 66.5 Å². The number of carbonyl (C=O) groups excluding carboxylic acids is 1. The normalized spacial score (nSPS) is 14.0. The number of sulfonamides is 1. The summed E-state index contributed by atoms with van der Waals surface area (Å²) in [4.78, 5) is 13.8. The van der Waals surface area contributed by atoms with Crippen molar-refractivity contribution < 1.29 is 13.2 Å². The Morgan fingerprint density at radius 1 is 1.25 bits per heavy atom. The van der Waals surface area contributed by atoms with Gasteiger partial charge >= 0.3 is 0 Å². The minimum Gasteiger partial charge on any atom is -0.312 e. The van der Waals surface area contributed by atoms with Gasteiger partial charge in [-0.05, 0) is 55.3 Å². The maximum atomic E-state index is 12.6. The molecule has 0 saturated heterocycles. The van der Waals surface area contributed by atoms with Crippen molar-refractivity contribution in [3.8, 4) is 0 Å². The van der Waals surface area contributed by atoms with Gasteiger partial charge in [0, 0.05) is 22.9 Å². The van der Waals surface area contributed by atoms with Gasteiger partial charge < -0.3 is 4.90 Å². The molecule has 3 rings (SSSR count). The number of benzene rings is 2. The number of likely N-dealkylation sites (N-methyl/N-ethyl adjacent to an activating group) is 1. The van der Waals surface area contributed by atoms with Crippen LogP contribution in [0.4, 0.5) is 11.4 Å². The highest BCUT2D eigenvalue weighted by Crippen LogP contribution is 2.32. The molecule has 0 unspecified atom stereocenters. The second-order valence-corrected chi connectivity index (χ2v) is 7.68. The molecule has 0 aromatic heterocycles. The standard InChI is InChI=1S/C17H17ClN2O3S/c1-3-20-15-8-7-13(9-12(15)10-17(20)21)19-24(22,23)16-6-4-5-14(18)11(16)2/h4-9,19H,3,10H2,1-2H3. The zero-order valence-electron chi connectivity index (χ0n) is 13.3. The molecule has 0 saturated carbocycles. The van der Waals surface area contributed by atoms with Crippen LogP contribution in [0.2, 0.25) is 5.02 Å². The number of hydrogen-bond donors (Lipinski definition) is 1. The van der Waals surface area contributed by atoms with E-state index in [1.165, 1.54) is 6.07 Å². The van der Waals surface area contributed by atoms with Gasteiger partial charge in [0.2, 0.25) is 5.91 Å². The zero-order chi connectivity index (χ0) is 17.5. The van der Waals surface area contributed by atoms with Crippen LogP contribution in [0.3, 0.4) is 0 Å². The summed E-state index contributed by atoms with van der Waals surface area (Å²) in [6.45, 7) is 4.17. The zero-order valence-corrected chi connectivity index (χ0v) is 14.9. The van der Waals surface area contributed by atoms with E-state index in [2.05, 4.69) is 4.72 Å². The first-order valence-electron chi connectivity index (χ1n) is 7.54. The van der Waals surface area contributed by atoms with Crippen molar-refractivity contribution in [1.82, 2.24) is 0 Å². The lowest BCUT2D eigenvalue weighted by Gasteiger charge is -2.15. The predicted molar refractivity (Wildman–Crippen MR) is 95.2 cm³/mol. The average molecular weight is 365 g/mol. The SMILES string of the molecule is CCN1C(=O)Cc2cc(NS(=O)(=O)c3cccc(Cl)c3C)ccc21. The highest BCUT2D eigenvalue weighted by atomic mass is 35.5. The molecule has 7 heteroatoms.